The molecule has 2 N–H and O–H groups in total. The maximum Gasteiger partial charge on any atom is 0.326 e. The van der Waals surface area contributed by atoms with Gasteiger partial charge in [-0.2, -0.15) is 0 Å². The molecular weight excluding hydrogens is 434 g/mol. The molecule has 0 atom stereocenters. The number of hydrogen-bond acceptors (Lipinski definition) is 3. The number of H-pyrrole nitrogens is 1. The van der Waals surface area contributed by atoms with Crippen LogP contribution >= 0.6 is 15.9 Å². The minimum atomic E-state index is -0.0893. The molecular formula is C22H24BrN3O3. The van der Waals surface area contributed by atoms with Gasteiger partial charge < -0.3 is 15.0 Å². The average molecular weight is 458 g/mol. The second-order valence-corrected chi connectivity index (χ2v) is 8.47. The van der Waals surface area contributed by atoms with Crippen LogP contribution in [0.1, 0.15) is 37.3 Å². The fourth-order valence-electron chi connectivity index (χ4n) is 4.27. The number of halogens is 1. The summed E-state index contributed by atoms with van der Waals surface area (Å²) in [7, 11) is 1.64. The van der Waals surface area contributed by atoms with Gasteiger partial charge in [-0.1, -0.05) is 6.07 Å². The summed E-state index contributed by atoms with van der Waals surface area (Å²) in [6.07, 6.45) is 3.13. The SMILES string of the molecule is COc1ccc(NC(=O)C2CCC(n3c(=O)[nH]c4c(Br)cccc43)CC2)cc1C. The molecule has 1 aliphatic carbocycles. The van der Waals surface area contributed by atoms with Crippen LogP contribution in [0.25, 0.3) is 11.0 Å². The molecule has 0 radical (unpaired) electrons. The molecule has 0 spiro atoms. The first-order valence-electron chi connectivity index (χ1n) is 9.82. The van der Waals surface area contributed by atoms with E-state index < -0.39 is 0 Å². The van der Waals surface area contributed by atoms with E-state index in [4.69, 9.17) is 4.74 Å². The number of benzene rings is 2. The Morgan fingerprint density at radius 3 is 2.66 bits per heavy atom. The highest BCUT2D eigenvalue weighted by Crippen LogP contribution is 2.34. The zero-order chi connectivity index (χ0) is 20.5. The molecule has 7 heteroatoms. The number of aryl methyl sites for hydroxylation is 1. The Bertz CT molecular complexity index is 1110. The van der Waals surface area contributed by atoms with E-state index in [1.165, 1.54) is 0 Å². The Morgan fingerprint density at radius 2 is 1.97 bits per heavy atom. The third kappa shape index (κ3) is 3.83. The summed E-state index contributed by atoms with van der Waals surface area (Å²) in [5.41, 5.74) is 3.42. The Labute approximate surface area is 177 Å². The lowest BCUT2D eigenvalue weighted by molar-refractivity contribution is -0.121. The lowest BCUT2D eigenvalue weighted by Gasteiger charge is -2.28. The molecule has 1 heterocycles. The van der Waals surface area contributed by atoms with Crippen LogP contribution in [0.5, 0.6) is 5.75 Å². The number of aromatic nitrogens is 2. The van der Waals surface area contributed by atoms with Crippen molar-refractivity contribution in [2.45, 2.75) is 38.6 Å². The highest BCUT2D eigenvalue weighted by molar-refractivity contribution is 9.10. The van der Waals surface area contributed by atoms with Gasteiger partial charge in [-0.15, -0.1) is 0 Å². The fraction of sp³-hybridized carbons (Fsp3) is 0.364. The molecule has 0 bridgehead atoms. The summed E-state index contributed by atoms with van der Waals surface area (Å²) in [6, 6.07) is 11.6. The predicted molar refractivity (Wildman–Crippen MR) is 118 cm³/mol. The molecule has 2 aromatic carbocycles. The van der Waals surface area contributed by atoms with E-state index in [0.29, 0.717) is 0 Å². The molecule has 1 aliphatic rings. The molecule has 1 saturated carbocycles. The van der Waals surface area contributed by atoms with Crippen molar-refractivity contribution < 1.29 is 9.53 Å². The number of hydrogen-bond donors (Lipinski definition) is 2. The van der Waals surface area contributed by atoms with Crippen LogP contribution in [0.2, 0.25) is 0 Å². The molecule has 0 saturated heterocycles. The van der Waals surface area contributed by atoms with Crippen molar-refractivity contribution in [2.24, 2.45) is 5.92 Å². The van der Waals surface area contributed by atoms with Crippen molar-refractivity contribution in [1.29, 1.82) is 0 Å². The smallest absolute Gasteiger partial charge is 0.326 e. The highest BCUT2D eigenvalue weighted by atomic mass is 79.9. The molecule has 29 heavy (non-hydrogen) atoms. The first-order chi connectivity index (χ1) is 14.0. The number of nitrogens with zero attached hydrogens (tertiary/aromatic N) is 1. The van der Waals surface area contributed by atoms with Crippen LogP contribution in [-0.4, -0.2) is 22.6 Å². The van der Waals surface area contributed by atoms with Crippen molar-refractivity contribution in [3.05, 3.63) is 56.9 Å². The topological polar surface area (TPSA) is 76.1 Å². The van der Waals surface area contributed by atoms with Gasteiger partial charge in [0.05, 0.1) is 18.1 Å². The second-order valence-electron chi connectivity index (χ2n) is 7.61. The van der Waals surface area contributed by atoms with Crippen molar-refractivity contribution in [2.75, 3.05) is 12.4 Å². The third-order valence-corrected chi connectivity index (χ3v) is 6.46. The van der Waals surface area contributed by atoms with E-state index in [9.17, 15) is 9.59 Å². The fourth-order valence-corrected chi connectivity index (χ4v) is 4.73. The van der Waals surface area contributed by atoms with Crippen LogP contribution in [0.3, 0.4) is 0 Å². The van der Waals surface area contributed by atoms with Gasteiger partial charge in [0, 0.05) is 22.1 Å². The van der Waals surface area contributed by atoms with Gasteiger partial charge in [0.15, 0.2) is 0 Å². The number of amides is 1. The van der Waals surface area contributed by atoms with Crippen molar-refractivity contribution in [3.8, 4) is 5.75 Å². The molecule has 1 amide bonds. The maximum atomic E-state index is 12.7. The number of anilines is 1. The first-order valence-corrected chi connectivity index (χ1v) is 10.6. The summed E-state index contributed by atoms with van der Waals surface area (Å²) in [4.78, 5) is 28.2. The standard InChI is InChI=1S/C22H24BrN3O3/c1-13-12-15(8-11-19(13)29-2)24-21(27)14-6-9-16(10-7-14)26-18-5-3-4-17(23)20(18)25-22(26)28/h3-5,8,11-12,14,16H,6-7,9-10H2,1-2H3,(H,24,27)(H,25,28). The number of carbonyl (C=O) groups is 1. The summed E-state index contributed by atoms with van der Waals surface area (Å²) < 4.78 is 8.00. The van der Waals surface area contributed by atoms with Crippen molar-refractivity contribution in [3.63, 3.8) is 0 Å². The number of nitrogens with one attached hydrogen (secondary N) is 2. The van der Waals surface area contributed by atoms with E-state index in [1.54, 1.807) is 7.11 Å². The molecule has 152 valence electrons. The number of imidazole rings is 1. The predicted octanol–water partition coefficient (Wildman–Crippen LogP) is 4.78. The Morgan fingerprint density at radius 1 is 1.21 bits per heavy atom. The molecule has 4 rings (SSSR count). The Hall–Kier alpha value is -2.54. The molecule has 6 nitrogen and oxygen atoms in total. The van der Waals surface area contributed by atoms with Crippen LogP contribution < -0.4 is 15.7 Å². The van der Waals surface area contributed by atoms with Crippen LogP contribution in [0.15, 0.2) is 45.7 Å². The number of carbonyl (C=O) groups excluding carboxylic acids is 1. The Balaban J connectivity index is 1.44. The number of aromatic amines is 1. The van der Waals surface area contributed by atoms with Gasteiger partial charge in [-0.05, 0) is 84.4 Å². The molecule has 3 aromatic rings. The summed E-state index contributed by atoms with van der Waals surface area (Å²) in [5.74, 6) is 0.808. The number of para-hydroxylation sites is 1. The third-order valence-electron chi connectivity index (χ3n) is 5.80. The maximum absolute atomic E-state index is 12.7. The number of fused-ring (bicyclic) bond motifs is 1. The molecule has 0 unspecified atom stereocenters. The van der Waals surface area contributed by atoms with E-state index in [2.05, 4.69) is 26.2 Å². The van der Waals surface area contributed by atoms with E-state index in [1.807, 2.05) is 47.9 Å². The molecule has 1 fully saturated rings. The van der Waals surface area contributed by atoms with Gasteiger partial charge in [0.25, 0.3) is 0 Å². The van der Waals surface area contributed by atoms with Crippen molar-refractivity contribution >= 4 is 38.6 Å². The van der Waals surface area contributed by atoms with Gasteiger partial charge in [-0.25, -0.2) is 4.79 Å². The number of methoxy groups -OCH3 is 1. The minimum absolute atomic E-state index is 0.0405. The Kier molecular flexibility index (Phi) is 5.50. The van der Waals surface area contributed by atoms with E-state index in [0.717, 1.165) is 58.2 Å². The summed E-state index contributed by atoms with van der Waals surface area (Å²) in [6.45, 7) is 1.96. The number of rotatable bonds is 4. The second kappa shape index (κ2) is 8.06. The van der Waals surface area contributed by atoms with Crippen LogP contribution in [0.4, 0.5) is 5.69 Å². The minimum Gasteiger partial charge on any atom is -0.496 e. The van der Waals surface area contributed by atoms with E-state index >= 15 is 0 Å². The zero-order valence-corrected chi connectivity index (χ0v) is 18.1. The van der Waals surface area contributed by atoms with Gasteiger partial charge in [0.2, 0.25) is 5.91 Å². The zero-order valence-electron chi connectivity index (χ0n) is 16.5. The van der Waals surface area contributed by atoms with Crippen LogP contribution in [0, 0.1) is 12.8 Å². The van der Waals surface area contributed by atoms with Gasteiger partial charge in [0.1, 0.15) is 5.75 Å². The first kappa shape index (κ1) is 19.8. The quantitative estimate of drug-likeness (QED) is 0.591. The molecule has 1 aromatic heterocycles. The monoisotopic (exact) mass is 457 g/mol. The van der Waals surface area contributed by atoms with E-state index in [-0.39, 0.29) is 23.6 Å². The lowest BCUT2D eigenvalue weighted by atomic mass is 9.85. The highest BCUT2D eigenvalue weighted by Gasteiger charge is 2.29. The average Bonchev–Trinajstić information content (AvgIpc) is 3.05. The normalized spacial score (nSPS) is 19.3. The molecule has 0 aliphatic heterocycles. The number of ether oxygens (including phenoxy) is 1. The van der Waals surface area contributed by atoms with Crippen molar-refractivity contribution in [1.82, 2.24) is 9.55 Å². The van der Waals surface area contributed by atoms with Crippen LogP contribution in [-0.2, 0) is 4.79 Å². The summed E-state index contributed by atoms with van der Waals surface area (Å²) in [5, 5.41) is 3.03. The lowest BCUT2D eigenvalue weighted by Crippen LogP contribution is -2.31. The van der Waals surface area contributed by atoms with Gasteiger partial charge >= 0.3 is 5.69 Å². The largest absolute Gasteiger partial charge is 0.496 e. The summed E-state index contributed by atoms with van der Waals surface area (Å²) >= 11 is 3.50. The van der Waals surface area contributed by atoms with Gasteiger partial charge in [-0.3, -0.25) is 9.36 Å².